The van der Waals surface area contributed by atoms with Crippen molar-refractivity contribution in [2.24, 2.45) is 0 Å². The molecule has 1 aromatic carbocycles. The fraction of sp³-hybridized carbons (Fsp3) is 0.500. The van der Waals surface area contributed by atoms with Gasteiger partial charge in [0.1, 0.15) is 0 Å². The number of ether oxygens (including phenoxy) is 2. The SMILES string of the molecule is [2H]CC([2H])NC(C)Cc1ccc2c(c1)OCO2. The quantitative estimate of drug-likeness (QED) is 0.822. The zero-order chi connectivity index (χ0) is 12.3. The summed E-state index contributed by atoms with van der Waals surface area (Å²) in [5.41, 5.74) is 1.14. The third kappa shape index (κ3) is 2.42. The molecular weight excluding hydrogens is 190 g/mol. The third-order valence-electron chi connectivity index (χ3n) is 2.38. The molecule has 0 spiro atoms. The van der Waals surface area contributed by atoms with E-state index >= 15 is 0 Å². The highest BCUT2D eigenvalue weighted by Crippen LogP contribution is 2.32. The Kier molecular flexibility index (Phi) is 2.42. The number of rotatable bonds is 4. The summed E-state index contributed by atoms with van der Waals surface area (Å²) in [4.78, 5) is 0. The highest BCUT2D eigenvalue weighted by molar-refractivity contribution is 5.44. The molecule has 1 aliphatic rings. The van der Waals surface area contributed by atoms with Gasteiger partial charge in [-0.3, -0.25) is 0 Å². The van der Waals surface area contributed by atoms with Gasteiger partial charge in [0.15, 0.2) is 11.5 Å². The first-order valence-electron chi connectivity index (χ1n) is 6.33. The molecule has 0 aliphatic carbocycles. The molecule has 2 atom stereocenters. The van der Waals surface area contributed by atoms with Crippen molar-refractivity contribution in [2.75, 3.05) is 13.3 Å². The van der Waals surface area contributed by atoms with E-state index in [1.165, 1.54) is 0 Å². The van der Waals surface area contributed by atoms with Crippen LogP contribution < -0.4 is 14.8 Å². The Morgan fingerprint density at radius 2 is 2.40 bits per heavy atom. The number of hydrogen-bond acceptors (Lipinski definition) is 3. The molecule has 3 nitrogen and oxygen atoms in total. The van der Waals surface area contributed by atoms with E-state index in [1.807, 2.05) is 25.1 Å². The smallest absolute Gasteiger partial charge is 0.231 e. The molecule has 0 fully saturated rings. The van der Waals surface area contributed by atoms with Crippen LogP contribution in [-0.2, 0) is 6.42 Å². The molecule has 15 heavy (non-hydrogen) atoms. The van der Waals surface area contributed by atoms with Crippen LogP contribution in [-0.4, -0.2) is 19.4 Å². The van der Waals surface area contributed by atoms with Gasteiger partial charge in [0.2, 0.25) is 6.79 Å². The molecule has 1 aromatic rings. The molecule has 2 unspecified atom stereocenters. The van der Waals surface area contributed by atoms with E-state index in [9.17, 15) is 0 Å². The van der Waals surface area contributed by atoms with Gasteiger partial charge in [-0.05, 0) is 37.6 Å². The summed E-state index contributed by atoms with van der Waals surface area (Å²) in [7, 11) is 0. The lowest BCUT2D eigenvalue weighted by molar-refractivity contribution is 0.174. The van der Waals surface area contributed by atoms with Crippen LogP contribution in [0.3, 0.4) is 0 Å². The molecule has 0 saturated carbocycles. The van der Waals surface area contributed by atoms with Crippen molar-refractivity contribution in [3.8, 4) is 11.5 Å². The Morgan fingerprint density at radius 1 is 1.53 bits per heavy atom. The van der Waals surface area contributed by atoms with Crippen molar-refractivity contribution < 1.29 is 12.2 Å². The van der Waals surface area contributed by atoms with Gasteiger partial charge in [0, 0.05) is 8.78 Å². The molecule has 2 rings (SSSR count). The standard InChI is InChI=1S/C12H17NO2/c1-3-13-9(2)6-10-4-5-11-12(7-10)15-8-14-11/h4-5,7,9,13H,3,6,8H2,1-2H3/i1D,3D. The average Bonchev–Trinajstić information content (AvgIpc) is 2.75. The third-order valence-corrected chi connectivity index (χ3v) is 2.38. The molecule has 0 bridgehead atoms. The minimum Gasteiger partial charge on any atom is -0.454 e. The zero-order valence-electron chi connectivity index (χ0n) is 10.8. The van der Waals surface area contributed by atoms with Crippen molar-refractivity contribution in [3.05, 3.63) is 23.8 Å². The van der Waals surface area contributed by atoms with Crippen LogP contribution in [0.25, 0.3) is 0 Å². The Labute approximate surface area is 93.2 Å². The number of fused-ring (bicyclic) bond motifs is 1. The van der Waals surface area contributed by atoms with Gasteiger partial charge < -0.3 is 14.8 Å². The van der Waals surface area contributed by atoms with E-state index in [2.05, 4.69) is 5.32 Å². The van der Waals surface area contributed by atoms with Crippen molar-refractivity contribution in [3.63, 3.8) is 0 Å². The van der Waals surface area contributed by atoms with Crippen LogP contribution in [0.2, 0.25) is 0 Å². The minimum atomic E-state index is -0.515. The van der Waals surface area contributed by atoms with Gasteiger partial charge >= 0.3 is 0 Å². The van der Waals surface area contributed by atoms with Gasteiger partial charge in [0.05, 0.1) is 0 Å². The Hall–Kier alpha value is -1.22. The van der Waals surface area contributed by atoms with Crippen LogP contribution in [0.15, 0.2) is 18.2 Å². The van der Waals surface area contributed by atoms with E-state index in [1.54, 1.807) is 0 Å². The maximum Gasteiger partial charge on any atom is 0.231 e. The van der Waals surface area contributed by atoms with E-state index in [4.69, 9.17) is 12.2 Å². The van der Waals surface area contributed by atoms with Crippen LogP contribution in [0, 0.1) is 0 Å². The Balaban J connectivity index is 1.94. The summed E-state index contributed by atoms with van der Waals surface area (Å²) >= 11 is 0. The van der Waals surface area contributed by atoms with Gasteiger partial charge in [-0.1, -0.05) is 13.0 Å². The summed E-state index contributed by atoms with van der Waals surface area (Å²) in [6, 6.07) is 6.06. The molecule has 0 radical (unpaired) electrons. The highest BCUT2D eigenvalue weighted by Gasteiger charge is 2.13. The topological polar surface area (TPSA) is 30.5 Å². The van der Waals surface area contributed by atoms with E-state index < -0.39 is 6.52 Å². The lowest BCUT2D eigenvalue weighted by atomic mass is 10.1. The van der Waals surface area contributed by atoms with Crippen LogP contribution in [0.1, 0.15) is 22.1 Å². The molecule has 1 N–H and O–H groups in total. The summed E-state index contributed by atoms with van der Waals surface area (Å²) < 4.78 is 25.2. The molecule has 82 valence electrons. The zero-order valence-corrected chi connectivity index (χ0v) is 8.82. The molecule has 1 aliphatic heterocycles. The van der Waals surface area contributed by atoms with Gasteiger partial charge in [-0.2, -0.15) is 0 Å². The van der Waals surface area contributed by atoms with Crippen molar-refractivity contribution in [2.45, 2.75) is 26.3 Å². The fourth-order valence-electron chi connectivity index (χ4n) is 1.68. The number of likely N-dealkylation sites (N-methyl/N-ethyl adjacent to an activating group) is 1. The maximum atomic E-state index is 7.50. The van der Waals surface area contributed by atoms with Crippen molar-refractivity contribution in [1.82, 2.24) is 5.32 Å². The van der Waals surface area contributed by atoms with Crippen LogP contribution in [0.4, 0.5) is 0 Å². The van der Waals surface area contributed by atoms with E-state index in [0.717, 1.165) is 23.5 Å². The molecule has 1 heterocycles. The predicted octanol–water partition coefficient (Wildman–Crippen LogP) is 1.96. The monoisotopic (exact) mass is 209 g/mol. The molecule has 0 aromatic heterocycles. The van der Waals surface area contributed by atoms with Crippen LogP contribution in [0.5, 0.6) is 11.5 Å². The minimum absolute atomic E-state index is 0.0749. The van der Waals surface area contributed by atoms with Gasteiger partial charge in [-0.15, -0.1) is 0 Å². The molecule has 0 saturated heterocycles. The van der Waals surface area contributed by atoms with Gasteiger partial charge in [-0.25, -0.2) is 0 Å². The predicted molar refractivity (Wildman–Crippen MR) is 59.4 cm³/mol. The van der Waals surface area contributed by atoms with Crippen LogP contribution >= 0.6 is 0 Å². The van der Waals surface area contributed by atoms with Crippen molar-refractivity contribution in [1.29, 1.82) is 0 Å². The summed E-state index contributed by atoms with van der Waals surface area (Å²) in [5.74, 6) is 1.58. The molecule has 0 amide bonds. The second-order valence-electron chi connectivity index (χ2n) is 3.66. The number of hydrogen-bond donors (Lipinski definition) is 1. The normalized spacial score (nSPS) is 19.3. The lowest BCUT2D eigenvalue weighted by Gasteiger charge is -2.12. The summed E-state index contributed by atoms with van der Waals surface area (Å²) in [6.45, 7) is 1.87. The Morgan fingerprint density at radius 3 is 3.27 bits per heavy atom. The van der Waals surface area contributed by atoms with Crippen molar-refractivity contribution >= 4 is 0 Å². The maximum absolute atomic E-state index is 7.50. The van der Waals surface area contributed by atoms with E-state index in [0.29, 0.717) is 6.79 Å². The highest BCUT2D eigenvalue weighted by atomic mass is 16.7. The summed E-state index contributed by atoms with van der Waals surface area (Å²) in [5, 5.41) is 3.05. The molecule has 3 heteroatoms. The second kappa shape index (κ2) is 4.53. The van der Waals surface area contributed by atoms with Gasteiger partial charge in [0.25, 0.3) is 0 Å². The second-order valence-corrected chi connectivity index (χ2v) is 3.66. The number of nitrogens with one attached hydrogen (secondary N) is 1. The Bertz CT molecular complexity index is 387. The fourth-order valence-corrected chi connectivity index (χ4v) is 1.68. The van der Waals surface area contributed by atoms with E-state index in [-0.39, 0.29) is 12.9 Å². The largest absolute Gasteiger partial charge is 0.454 e. The number of benzene rings is 1. The lowest BCUT2D eigenvalue weighted by Crippen LogP contribution is -2.27. The first-order chi connectivity index (χ1) is 8.19. The first kappa shape index (κ1) is 7.99. The molecular formula is C12H17NO2. The average molecular weight is 209 g/mol. The first-order valence-corrected chi connectivity index (χ1v) is 5.05. The summed E-state index contributed by atoms with van der Waals surface area (Å²) in [6.07, 6.45) is 0.812.